The van der Waals surface area contributed by atoms with Gasteiger partial charge in [-0.1, -0.05) is 15.9 Å². The fourth-order valence-corrected chi connectivity index (χ4v) is 1.72. The predicted molar refractivity (Wildman–Crippen MR) is 48.2 cm³/mol. The number of methoxy groups -OCH3 is 1. The summed E-state index contributed by atoms with van der Waals surface area (Å²) in [5, 5.41) is 1.05. The third kappa shape index (κ3) is 2.42. The minimum absolute atomic E-state index is 0.0355. The molecule has 1 atom stereocenters. The molecule has 0 aromatic rings. The summed E-state index contributed by atoms with van der Waals surface area (Å²) < 4.78 is 10.8. The van der Waals surface area contributed by atoms with E-state index >= 15 is 0 Å². The summed E-state index contributed by atoms with van der Waals surface area (Å²) in [5.41, 5.74) is 0.0355. The fourth-order valence-electron chi connectivity index (χ4n) is 1.44. The van der Waals surface area contributed by atoms with Gasteiger partial charge in [0, 0.05) is 25.5 Å². The lowest BCUT2D eigenvalue weighted by atomic mass is 9.97. The summed E-state index contributed by atoms with van der Waals surface area (Å²) in [4.78, 5) is 0. The molecule has 0 aromatic carbocycles. The zero-order valence-corrected chi connectivity index (χ0v) is 8.52. The van der Waals surface area contributed by atoms with Crippen molar-refractivity contribution in [3.63, 3.8) is 0 Å². The van der Waals surface area contributed by atoms with Crippen LogP contribution in [0.25, 0.3) is 0 Å². The minimum atomic E-state index is 0.0355. The van der Waals surface area contributed by atoms with Gasteiger partial charge in [0.1, 0.15) is 0 Å². The number of rotatable bonds is 4. The van der Waals surface area contributed by atoms with Crippen LogP contribution < -0.4 is 0 Å². The monoisotopic (exact) mass is 222 g/mol. The first kappa shape index (κ1) is 9.49. The molecular weight excluding hydrogens is 208 g/mol. The molecule has 0 spiro atoms. The van der Waals surface area contributed by atoms with Gasteiger partial charge in [0.25, 0.3) is 0 Å². The van der Waals surface area contributed by atoms with Gasteiger partial charge in [0.05, 0.1) is 12.2 Å². The fraction of sp³-hybridized carbons (Fsp3) is 1.00. The number of hydrogen-bond donors (Lipinski definition) is 0. The zero-order chi connectivity index (χ0) is 8.16. The molecule has 1 unspecified atom stereocenters. The van der Waals surface area contributed by atoms with Crippen LogP contribution in [-0.4, -0.2) is 31.3 Å². The van der Waals surface area contributed by atoms with Crippen LogP contribution in [0.1, 0.15) is 19.3 Å². The number of alkyl halides is 1. The highest BCUT2D eigenvalue weighted by atomic mass is 79.9. The van der Waals surface area contributed by atoms with Crippen LogP contribution in [0.2, 0.25) is 0 Å². The molecule has 0 aromatic heterocycles. The van der Waals surface area contributed by atoms with E-state index in [2.05, 4.69) is 15.9 Å². The molecule has 1 aliphatic rings. The molecule has 66 valence electrons. The van der Waals surface area contributed by atoms with Gasteiger partial charge in [-0.25, -0.2) is 0 Å². The van der Waals surface area contributed by atoms with Crippen molar-refractivity contribution in [2.45, 2.75) is 24.9 Å². The van der Waals surface area contributed by atoms with Crippen molar-refractivity contribution >= 4 is 15.9 Å². The Morgan fingerprint density at radius 2 is 2.45 bits per heavy atom. The van der Waals surface area contributed by atoms with Crippen LogP contribution in [0, 0.1) is 0 Å². The van der Waals surface area contributed by atoms with Crippen molar-refractivity contribution in [1.82, 2.24) is 0 Å². The third-order valence-corrected chi connectivity index (χ3v) is 2.83. The number of ether oxygens (including phenoxy) is 2. The molecule has 11 heavy (non-hydrogen) atoms. The summed E-state index contributed by atoms with van der Waals surface area (Å²) in [7, 11) is 1.78. The molecule has 0 amide bonds. The maximum Gasteiger partial charge on any atom is 0.0933 e. The van der Waals surface area contributed by atoms with E-state index in [0.29, 0.717) is 0 Å². The molecule has 2 nitrogen and oxygen atoms in total. The second-order valence-corrected chi connectivity index (χ2v) is 3.78. The zero-order valence-electron chi connectivity index (χ0n) is 6.94. The minimum Gasteiger partial charge on any atom is -0.378 e. The molecular formula is C8H15BrO2. The standard InChI is InChI=1S/C8H15BrO2/c1-10-8(3-2-5-9)4-6-11-7-8/h2-7H2,1H3. The first-order chi connectivity index (χ1) is 5.33. The van der Waals surface area contributed by atoms with Crippen molar-refractivity contribution in [2.75, 3.05) is 25.7 Å². The van der Waals surface area contributed by atoms with Crippen LogP contribution in [0.4, 0.5) is 0 Å². The van der Waals surface area contributed by atoms with Crippen LogP contribution in [0.5, 0.6) is 0 Å². The smallest absolute Gasteiger partial charge is 0.0933 e. The van der Waals surface area contributed by atoms with Crippen LogP contribution in [0.3, 0.4) is 0 Å². The molecule has 1 fully saturated rings. The Morgan fingerprint density at radius 1 is 1.64 bits per heavy atom. The molecule has 0 saturated carbocycles. The SMILES string of the molecule is COC1(CCCBr)CCOC1. The predicted octanol–water partition coefficient (Wildman–Crippen LogP) is 1.97. The van der Waals surface area contributed by atoms with Gasteiger partial charge in [-0.15, -0.1) is 0 Å². The molecule has 0 aliphatic carbocycles. The highest BCUT2D eigenvalue weighted by Gasteiger charge is 2.33. The maximum absolute atomic E-state index is 5.46. The van der Waals surface area contributed by atoms with Gasteiger partial charge in [-0.3, -0.25) is 0 Å². The summed E-state index contributed by atoms with van der Waals surface area (Å²) in [6, 6.07) is 0. The van der Waals surface area contributed by atoms with Crippen molar-refractivity contribution in [1.29, 1.82) is 0 Å². The lowest BCUT2D eigenvalue weighted by molar-refractivity contribution is -0.0233. The van der Waals surface area contributed by atoms with Crippen molar-refractivity contribution in [3.8, 4) is 0 Å². The lowest BCUT2D eigenvalue weighted by Gasteiger charge is -2.24. The molecule has 1 aliphatic heterocycles. The Hall–Kier alpha value is 0.400. The largest absolute Gasteiger partial charge is 0.378 e. The third-order valence-electron chi connectivity index (χ3n) is 2.27. The summed E-state index contributed by atoms with van der Waals surface area (Å²) in [6.07, 6.45) is 3.32. The number of halogens is 1. The molecule has 0 N–H and O–H groups in total. The first-order valence-corrected chi connectivity index (χ1v) is 5.14. The van der Waals surface area contributed by atoms with E-state index in [1.807, 2.05) is 0 Å². The van der Waals surface area contributed by atoms with E-state index in [9.17, 15) is 0 Å². The maximum atomic E-state index is 5.46. The van der Waals surface area contributed by atoms with Crippen molar-refractivity contribution < 1.29 is 9.47 Å². The Labute approximate surface area is 76.4 Å². The Morgan fingerprint density at radius 3 is 2.91 bits per heavy atom. The first-order valence-electron chi connectivity index (χ1n) is 4.02. The summed E-state index contributed by atoms with van der Waals surface area (Å²) >= 11 is 3.41. The van der Waals surface area contributed by atoms with Gasteiger partial charge in [-0.2, -0.15) is 0 Å². The second-order valence-electron chi connectivity index (χ2n) is 2.98. The van der Waals surface area contributed by atoms with E-state index < -0.39 is 0 Å². The van der Waals surface area contributed by atoms with E-state index in [0.717, 1.165) is 37.8 Å². The van der Waals surface area contributed by atoms with Crippen LogP contribution in [-0.2, 0) is 9.47 Å². The van der Waals surface area contributed by atoms with E-state index in [-0.39, 0.29) is 5.60 Å². The Balaban J connectivity index is 2.33. The molecule has 0 radical (unpaired) electrons. The topological polar surface area (TPSA) is 18.5 Å². The molecule has 0 bridgehead atoms. The van der Waals surface area contributed by atoms with Gasteiger partial charge < -0.3 is 9.47 Å². The van der Waals surface area contributed by atoms with Crippen LogP contribution >= 0.6 is 15.9 Å². The molecule has 1 saturated heterocycles. The average Bonchev–Trinajstić information content (AvgIpc) is 2.50. The molecule has 1 heterocycles. The Bertz CT molecular complexity index is 111. The van der Waals surface area contributed by atoms with Crippen molar-refractivity contribution in [2.24, 2.45) is 0 Å². The Kier molecular flexibility index (Phi) is 3.82. The molecule has 3 heteroatoms. The summed E-state index contributed by atoms with van der Waals surface area (Å²) in [5.74, 6) is 0. The van der Waals surface area contributed by atoms with Crippen LogP contribution in [0.15, 0.2) is 0 Å². The van der Waals surface area contributed by atoms with E-state index in [1.54, 1.807) is 7.11 Å². The molecule has 1 rings (SSSR count). The van der Waals surface area contributed by atoms with Gasteiger partial charge in [0.2, 0.25) is 0 Å². The number of hydrogen-bond acceptors (Lipinski definition) is 2. The quantitative estimate of drug-likeness (QED) is 0.678. The summed E-state index contributed by atoms with van der Waals surface area (Å²) in [6.45, 7) is 1.63. The highest BCUT2D eigenvalue weighted by molar-refractivity contribution is 9.09. The second kappa shape index (κ2) is 4.43. The lowest BCUT2D eigenvalue weighted by Crippen LogP contribution is -2.31. The van der Waals surface area contributed by atoms with Gasteiger partial charge in [-0.05, 0) is 12.8 Å². The van der Waals surface area contributed by atoms with Gasteiger partial charge >= 0.3 is 0 Å². The van der Waals surface area contributed by atoms with E-state index in [1.165, 1.54) is 0 Å². The average molecular weight is 223 g/mol. The highest BCUT2D eigenvalue weighted by Crippen LogP contribution is 2.27. The van der Waals surface area contributed by atoms with Crippen molar-refractivity contribution in [3.05, 3.63) is 0 Å². The normalized spacial score (nSPS) is 31.1. The van der Waals surface area contributed by atoms with Gasteiger partial charge in [0.15, 0.2) is 0 Å². The van der Waals surface area contributed by atoms with E-state index in [4.69, 9.17) is 9.47 Å².